The summed E-state index contributed by atoms with van der Waals surface area (Å²) < 4.78 is 36.6. The summed E-state index contributed by atoms with van der Waals surface area (Å²) in [6.45, 7) is -1.16. The van der Waals surface area contributed by atoms with Crippen molar-refractivity contribution in [3.63, 3.8) is 0 Å². The maximum atomic E-state index is 10.9. The number of hydrogen-bond donors (Lipinski definition) is 0. The smallest absolute Gasteiger partial charge is 1.00 e. The summed E-state index contributed by atoms with van der Waals surface area (Å²) in [6.07, 6.45) is -4.17. The maximum Gasteiger partial charge on any atom is -1.00 e. The first-order chi connectivity index (χ1) is 3.06. The second-order valence-electron chi connectivity index (χ2n) is 0.904. The zero-order valence-corrected chi connectivity index (χ0v) is 8.21. The van der Waals surface area contributed by atoms with Gasteiger partial charge < -0.3 is 37.2 Å². The molecule has 0 spiro atoms. The van der Waals surface area contributed by atoms with Crippen LogP contribution < -0.4 is 37.2 Å². The van der Waals surface area contributed by atoms with Crippen LogP contribution in [0.25, 0.3) is 0 Å². The molecule has 0 rings (SSSR count). The first kappa shape index (κ1) is 22.5. The van der Waals surface area contributed by atoms with Crippen molar-refractivity contribution in [2.24, 2.45) is 0 Å². The van der Waals surface area contributed by atoms with Gasteiger partial charge in [-0.2, -0.15) is 0 Å². The molecule has 8 heteroatoms. The van der Waals surface area contributed by atoms with Gasteiger partial charge in [-0.25, -0.2) is 0 Å². The second-order valence-corrected chi connectivity index (χ2v) is 1.35. The summed E-state index contributed by atoms with van der Waals surface area (Å²) in [4.78, 5) is 0. The first-order valence-electron chi connectivity index (χ1n) is 1.41. The van der Waals surface area contributed by atoms with Gasteiger partial charge in [0.25, 0.3) is 0 Å². The second kappa shape index (κ2) is 10.3. The molecule has 0 amide bonds. The van der Waals surface area contributed by atoms with Crippen molar-refractivity contribution in [3.05, 3.63) is 0 Å². The molecule has 0 aromatic carbocycles. The van der Waals surface area contributed by atoms with Crippen LogP contribution in [0.2, 0.25) is 0 Å². The molecule has 0 aliphatic rings. The Morgan fingerprint density at radius 3 is 1.40 bits per heavy atom. The molecular formula is C2H2Cl3F3OTi. The van der Waals surface area contributed by atoms with Crippen LogP contribution in [0.3, 0.4) is 0 Å². The fraction of sp³-hybridized carbons (Fsp3) is 1.00. The summed E-state index contributed by atoms with van der Waals surface area (Å²) in [5.74, 6) is 0. The Morgan fingerprint density at radius 2 is 1.40 bits per heavy atom. The number of hydrogen-bond acceptors (Lipinski definition) is 1. The van der Waals surface area contributed by atoms with E-state index < -0.39 is 12.8 Å². The fourth-order valence-corrected chi connectivity index (χ4v) is 0.337. The van der Waals surface area contributed by atoms with E-state index >= 15 is 0 Å². The van der Waals surface area contributed by atoms with E-state index in [0.717, 1.165) is 20.8 Å². The summed E-state index contributed by atoms with van der Waals surface area (Å²) in [7, 11) is 0. The third-order valence-corrected chi connectivity index (χ3v) is 0.461. The molecule has 0 unspecified atom stereocenters. The van der Waals surface area contributed by atoms with E-state index in [1.807, 2.05) is 0 Å². The Bertz CT molecular complexity index is 60.2. The van der Waals surface area contributed by atoms with E-state index in [4.69, 9.17) is 0 Å². The van der Waals surface area contributed by atoms with Gasteiger partial charge in [0.2, 0.25) is 0 Å². The van der Waals surface area contributed by atoms with Crippen molar-refractivity contribution in [2.45, 2.75) is 6.18 Å². The van der Waals surface area contributed by atoms with E-state index in [2.05, 4.69) is 3.32 Å². The van der Waals surface area contributed by atoms with Gasteiger partial charge in [-0.1, -0.05) is 0 Å². The summed E-state index contributed by atoms with van der Waals surface area (Å²) in [5, 5.41) is 0. The number of alkyl halides is 3. The standard InChI is InChI=1S/C2H2F3O.3ClH.Ti/c3-2(4,5)1-6;;;;/h1H2;3*1H;/q-1;;;;+4/p-3. The molecule has 0 heterocycles. The van der Waals surface area contributed by atoms with Crippen molar-refractivity contribution >= 4 is 0 Å². The Kier molecular flexibility index (Phi) is 23.3. The van der Waals surface area contributed by atoms with Gasteiger partial charge in [0.1, 0.15) is 0 Å². The predicted octanol–water partition coefficient (Wildman–Crippen LogP) is -7.96. The molecule has 0 radical (unpaired) electrons. The van der Waals surface area contributed by atoms with Crippen LogP contribution in [0.5, 0.6) is 0 Å². The van der Waals surface area contributed by atoms with Gasteiger partial charge in [-0.15, -0.1) is 0 Å². The zero-order valence-electron chi connectivity index (χ0n) is 4.38. The SMILES string of the molecule is FC(F)(F)C[O][Ti+3].[Cl-].[Cl-].[Cl-]. The van der Waals surface area contributed by atoms with Gasteiger partial charge in [-0.3, -0.25) is 0 Å². The molecule has 0 atom stereocenters. The summed E-state index contributed by atoms with van der Waals surface area (Å²) >= 11 is 1.01. The average molecular weight is 253 g/mol. The maximum absolute atomic E-state index is 10.9. The molecule has 0 aromatic heterocycles. The summed E-state index contributed by atoms with van der Waals surface area (Å²) in [6, 6.07) is 0. The van der Waals surface area contributed by atoms with Crippen molar-refractivity contribution in [1.82, 2.24) is 0 Å². The van der Waals surface area contributed by atoms with Crippen molar-refractivity contribution < 1.29 is 74.5 Å². The van der Waals surface area contributed by atoms with Gasteiger partial charge in [0.15, 0.2) is 0 Å². The van der Waals surface area contributed by atoms with E-state index in [9.17, 15) is 13.2 Å². The number of halogens is 6. The number of rotatable bonds is 1. The minimum absolute atomic E-state index is 0. The minimum atomic E-state index is -4.17. The quantitative estimate of drug-likeness (QED) is 0.422. The first-order valence-corrected chi connectivity index (χ1v) is 2.05. The molecular weight excluding hydrogens is 251 g/mol. The molecule has 0 aliphatic heterocycles. The monoisotopic (exact) mass is 252 g/mol. The van der Waals surface area contributed by atoms with E-state index in [1.54, 1.807) is 0 Å². The van der Waals surface area contributed by atoms with Crippen LogP contribution in [-0.2, 0) is 24.1 Å². The van der Waals surface area contributed by atoms with Crippen LogP contribution in [0.1, 0.15) is 0 Å². The van der Waals surface area contributed by atoms with Crippen LogP contribution in [-0.4, -0.2) is 12.8 Å². The zero-order chi connectivity index (χ0) is 5.91. The van der Waals surface area contributed by atoms with Gasteiger partial charge in [0, 0.05) is 0 Å². The van der Waals surface area contributed by atoms with Crippen LogP contribution in [0.4, 0.5) is 13.2 Å². The van der Waals surface area contributed by atoms with Crippen molar-refractivity contribution in [2.75, 3.05) is 6.61 Å². The third kappa shape index (κ3) is 22.8. The molecule has 0 N–H and O–H groups in total. The molecule has 0 aromatic rings. The molecule has 62 valence electrons. The largest absolute Gasteiger partial charge is 1.00 e. The predicted molar refractivity (Wildman–Crippen MR) is 12.0 cm³/mol. The average Bonchev–Trinajstić information content (AvgIpc) is 1.30. The van der Waals surface area contributed by atoms with Crippen LogP contribution in [0, 0.1) is 0 Å². The minimum Gasteiger partial charge on any atom is -1.00 e. The van der Waals surface area contributed by atoms with Crippen molar-refractivity contribution in [1.29, 1.82) is 0 Å². The molecule has 1 nitrogen and oxygen atoms in total. The summed E-state index contributed by atoms with van der Waals surface area (Å²) in [5.41, 5.74) is 0. The van der Waals surface area contributed by atoms with Gasteiger partial charge in [-0.05, 0) is 0 Å². The van der Waals surface area contributed by atoms with E-state index in [0.29, 0.717) is 0 Å². The van der Waals surface area contributed by atoms with Crippen LogP contribution >= 0.6 is 0 Å². The molecule has 0 bridgehead atoms. The molecule has 0 saturated heterocycles. The van der Waals surface area contributed by atoms with Gasteiger partial charge >= 0.3 is 50.1 Å². The molecule has 0 aliphatic carbocycles. The van der Waals surface area contributed by atoms with Crippen LogP contribution in [0.15, 0.2) is 0 Å². The molecule has 0 saturated carbocycles. The normalized spacial score (nSPS) is 8.50. The third-order valence-electron chi connectivity index (χ3n) is 0.236. The van der Waals surface area contributed by atoms with Crippen molar-refractivity contribution in [3.8, 4) is 0 Å². The topological polar surface area (TPSA) is 9.23 Å². The van der Waals surface area contributed by atoms with E-state index in [1.165, 1.54) is 0 Å². The Hall–Kier alpha value is 1.33. The fourth-order valence-electron chi connectivity index (χ4n) is 0.0818. The Labute approximate surface area is 87.2 Å². The van der Waals surface area contributed by atoms with E-state index in [-0.39, 0.29) is 37.2 Å². The van der Waals surface area contributed by atoms with Gasteiger partial charge in [0.05, 0.1) is 0 Å². The molecule has 0 fully saturated rings. The molecule has 10 heavy (non-hydrogen) atoms. The Balaban J connectivity index is -0.0000000600. The Morgan fingerprint density at radius 1 is 1.10 bits per heavy atom.